The minimum atomic E-state index is -1.19. The van der Waals surface area contributed by atoms with Crippen molar-refractivity contribution in [3.8, 4) is 0 Å². The molecule has 17 heavy (non-hydrogen) atoms. The molecule has 0 unspecified atom stereocenters. The molecule has 0 saturated carbocycles. The van der Waals surface area contributed by atoms with Crippen LogP contribution in [0.15, 0.2) is 35.3 Å². The predicted octanol–water partition coefficient (Wildman–Crippen LogP) is 0.409. The highest BCUT2D eigenvalue weighted by Gasteiger charge is 2.30. The number of carbonyl (C=O) groups is 2. The van der Waals surface area contributed by atoms with Crippen LogP contribution in [0.4, 0.5) is 5.69 Å². The number of nitrogens with one attached hydrogen (secondary N) is 1. The summed E-state index contributed by atoms with van der Waals surface area (Å²) < 4.78 is 0. The number of hydrazine groups is 1. The van der Waals surface area contributed by atoms with Crippen LogP contribution in [-0.2, 0) is 9.59 Å². The number of carboxylic acid groups (broad SMARTS) is 1. The zero-order valence-electron chi connectivity index (χ0n) is 9.12. The van der Waals surface area contributed by atoms with Gasteiger partial charge in [0.1, 0.15) is 6.04 Å². The number of aliphatic imine (C=N–C) groups is 1. The van der Waals surface area contributed by atoms with Crippen LogP contribution in [0.25, 0.3) is 0 Å². The molecule has 1 aromatic rings. The fourth-order valence-electron chi connectivity index (χ4n) is 1.50. The molecule has 1 atom stereocenters. The number of hydrogen-bond acceptors (Lipinski definition) is 4. The van der Waals surface area contributed by atoms with Crippen molar-refractivity contribution in [1.29, 1.82) is 0 Å². The molecule has 0 spiro atoms. The first kappa shape index (κ1) is 11.1. The number of amides is 1. The maximum absolute atomic E-state index is 11.9. The Labute approximate surface area is 97.5 Å². The number of para-hydroxylation sites is 1. The first-order valence-corrected chi connectivity index (χ1v) is 5.06. The lowest BCUT2D eigenvalue weighted by Gasteiger charge is -2.29. The van der Waals surface area contributed by atoms with Crippen LogP contribution in [0.3, 0.4) is 0 Å². The first-order valence-electron chi connectivity index (χ1n) is 5.06. The average molecular weight is 233 g/mol. The molecule has 0 saturated heterocycles. The van der Waals surface area contributed by atoms with E-state index in [1.807, 2.05) is 6.07 Å². The SMILES string of the molecule is C[C@H]1N=C(C(=O)O)NN(c2ccccc2)C1=O. The van der Waals surface area contributed by atoms with E-state index in [4.69, 9.17) is 5.11 Å². The third-order valence-electron chi connectivity index (χ3n) is 2.34. The summed E-state index contributed by atoms with van der Waals surface area (Å²) in [4.78, 5) is 26.5. The maximum atomic E-state index is 11.9. The van der Waals surface area contributed by atoms with Crippen LogP contribution in [0, 0.1) is 0 Å². The van der Waals surface area contributed by atoms with Gasteiger partial charge in [0, 0.05) is 0 Å². The van der Waals surface area contributed by atoms with E-state index in [1.54, 1.807) is 31.2 Å². The second kappa shape index (κ2) is 4.25. The van der Waals surface area contributed by atoms with Crippen molar-refractivity contribution in [3.63, 3.8) is 0 Å². The standard InChI is InChI=1S/C11H11N3O3/c1-7-10(15)14(8-5-3-2-4-6-8)13-9(12-7)11(16)17/h2-7H,1H3,(H,12,13)(H,16,17)/t7-/m1/s1. The lowest BCUT2D eigenvalue weighted by Crippen LogP contribution is -2.56. The van der Waals surface area contributed by atoms with E-state index in [-0.39, 0.29) is 11.7 Å². The van der Waals surface area contributed by atoms with E-state index in [0.717, 1.165) is 0 Å². The van der Waals surface area contributed by atoms with Gasteiger partial charge in [-0.15, -0.1) is 0 Å². The van der Waals surface area contributed by atoms with Crippen LogP contribution in [0.2, 0.25) is 0 Å². The highest BCUT2D eigenvalue weighted by molar-refractivity contribution is 6.36. The van der Waals surface area contributed by atoms with Gasteiger partial charge in [-0.25, -0.2) is 14.8 Å². The number of nitrogens with zero attached hydrogens (tertiary/aromatic N) is 2. The van der Waals surface area contributed by atoms with Gasteiger partial charge in [-0.2, -0.15) is 0 Å². The summed E-state index contributed by atoms with van der Waals surface area (Å²) in [5, 5.41) is 10.1. The Bertz CT molecular complexity index is 484. The highest BCUT2D eigenvalue weighted by Crippen LogP contribution is 2.15. The van der Waals surface area contributed by atoms with E-state index in [2.05, 4.69) is 10.4 Å². The van der Waals surface area contributed by atoms with Gasteiger partial charge in [-0.1, -0.05) is 18.2 Å². The van der Waals surface area contributed by atoms with Crippen molar-refractivity contribution >= 4 is 23.4 Å². The van der Waals surface area contributed by atoms with Gasteiger partial charge in [0.15, 0.2) is 0 Å². The summed E-state index contributed by atoms with van der Waals surface area (Å²) in [6.07, 6.45) is 0. The molecule has 0 bridgehead atoms. The molecule has 0 aliphatic carbocycles. The molecular formula is C11H11N3O3. The Kier molecular flexibility index (Phi) is 2.78. The van der Waals surface area contributed by atoms with Crippen molar-refractivity contribution in [2.75, 3.05) is 5.01 Å². The number of amidine groups is 1. The van der Waals surface area contributed by atoms with Crippen LogP contribution in [0.5, 0.6) is 0 Å². The topological polar surface area (TPSA) is 82.0 Å². The van der Waals surface area contributed by atoms with Gasteiger partial charge in [0.2, 0.25) is 5.84 Å². The van der Waals surface area contributed by atoms with E-state index < -0.39 is 12.0 Å². The van der Waals surface area contributed by atoms with Crippen LogP contribution in [0.1, 0.15) is 6.92 Å². The van der Waals surface area contributed by atoms with Crippen LogP contribution in [-0.4, -0.2) is 28.9 Å². The Morgan fingerprint density at radius 2 is 2.06 bits per heavy atom. The largest absolute Gasteiger partial charge is 0.475 e. The monoisotopic (exact) mass is 233 g/mol. The van der Waals surface area contributed by atoms with Gasteiger partial charge in [0.25, 0.3) is 5.91 Å². The molecule has 0 radical (unpaired) electrons. The van der Waals surface area contributed by atoms with Gasteiger partial charge >= 0.3 is 5.97 Å². The molecule has 1 heterocycles. The molecule has 0 fully saturated rings. The summed E-state index contributed by atoms with van der Waals surface area (Å²) in [6, 6.07) is 8.06. The van der Waals surface area contributed by atoms with E-state index >= 15 is 0 Å². The van der Waals surface area contributed by atoms with Crippen molar-refractivity contribution in [3.05, 3.63) is 30.3 Å². The molecule has 2 N–H and O–H groups in total. The highest BCUT2D eigenvalue weighted by atomic mass is 16.4. The van der Waals surface area contributed by atoms with Crippen molar-refractivity contribution in [2.45, 2.75) is 13.0 Å². The van der Waals surface area contributed by atoms with Crippen LogP contribution >= 0.6 is 0 Å². The number of aliphatic carboxylic acids is 1. The van der Waals surface area contributed by atoms with Gasteiger partial charge in [0.05, 0.1) is 5.69 Å². The quantitative estimate of drug-likeness (QED) is 0.775. The average Bonchev–Trinajstić information content (AvgIpc) is 2.33. The minimum Gasteiger partial charge on any atom is -0.475 e. The van der Waals surface area contributed by atoms with E-state index in [1.165, 1.54) is 5.01 Å². The third-order valence-corrected chi connectivity index (χ3v) is 2.34. The lowest BCUT2D eigenvalue weighted by molar-refractivity contribution is -0.129. The van der Waals surface area contributed by atoms with Gasteiger partial charge in [-0.3, -0.25) is 10.2 Å². The molecule has 1 aromatic carbocycles. The summed E-state index contributed by atoms with van der Waals surface area (Å²) >= 11 is 0. The van der Waals surface area contributed by atoms with Gasteiger partial charge in [-0.05, 0) is 19.1 Å². The van der Waals surface area contributed by atoms with Crippen molar-refractivity contribution < 1.29 is 14.7 Å². The Balaban J connectivity index is 2.34. The molecule has 2 rings (SSSR count). The zero-order valence-corrected chi connectivity index (χ0v) is 9.12. The molecular weight excluding hydrogens is 222 g/mol. The second-order valence-electron chi connectivity index (χ2n) is 3.58. The number of carboxylic acids is 1. The normalized spacial score (nSPS) is 19.6. The van der Waals surface area contributed by atoms with E-state index in [9.17, 15) is 9.59 Å². The zero-order chi connectivity index (χ0) is 12.4. The number of anilines is 1. The van der Waals surface area contributed by atoms with Crippen molar-refractivity contribution in [1.82, 2.24) is 5.43 Å². The van der Waals surface area contributed by atoms with E-state index in [0.29, 0.717) is 5.69 Å². The fraction of sp³-hybridized carbons (Fsp3) is 0.182. The van der Waals surface area contributed by atoms with Gasteiger partial charge < -0.3 is 5.11 Å². The second-order valence-corrected chi connectivity index (χ2v) is 3.58. The smallest absolute Gasteiger partial charge is 0.372 e. The minimum absolute atomic E-state index is 0.235. The molecule has 6 heteroatoms. The lowest BCUT2D eigenvalue weighted by atomic mass is 10.2. The summed E-state index contributed by atoms with van der Waals surface area (Å²) in [6.45, 7) is 1.56. The molecule has 1 aliphatic rings. The molecule has 0 aromatic heterocycles. The number of hydrogen-bond donors (Lipinski definition) is 2. The molecule has 88 valence electrons. The Morgan fingerprint density at radius 3 is 2.65 bits per heavy atom. The first-order chi connectivity index (χ1) is 8.09. The molecule has 1 amide bonds. The molecule has 6 nitrogen and oxygen atoms in total. The summed E-state index contributed by atoms with van der Waals surface area (Å²) in [7, 11) is 0. The fourth-order valence-corrected chi connectivity index (χ4v) is 1.50. The summed E-state index contributed by atoms with van der Waals surface area (Å²) in [5.74, 6) is -1.72. The predicted molar refractivity (Wildman–Crippen MR) is 61.6 cm³/mol. The maximum Gasteiger partial charge on any atom is 0.372 e. The third kappa shape index (κ3) is 2.10. The van der Waals surface area contributed by atoms with Crippen molar-refractivity contribution in [2.24, 2.45) is 4.99 Å². The number of carbonyl (C=O) groups excluding carboxylic acids is 1. The number of rotatable bonds is 2. The van der Waals surface area contributed by atoms with Crippen LogP contribution < -0.4 is 10.4 Å². The Morgan fingerprint density at radius 1 is 1.41 bits per heavy atom. The summed E-state index contributed by atoms with van der Waals surface area (Å²) in [5.41, 5.74) is 3.07. The number of benzene rings is 1. The Hall–Kier alpha value is -2.37. The molecule has 1 aliphatic heterocycles.